The first-order chi connectivity index (χ1) is 18.9. The van der Waals surface area contributed by atoms with E-state index in [0.29, 0.717) is 13.0 Å². The maximum atomic E-state index is 14.9. The van der Waals surface area contributed by atoms with Gasteiger partial charge in [0.15, 0.2) is 11.6 Å². The van der Waals surface area contributed by atoms with Crippen LogP contribution in [0.3, 0.4) is 0 Å². The van der Waals surface area contributed by atoms with E-state index in [9.17, 15) is 17.6 Å². The van der Waals surface area contributed by atoms with E-state index >= 15 is 0 Å². The molecule has 0 radical (unpaired) electrons. The Labute approximate surface area is 221 Å². The molecule has 1 fully saturated rings. The Morgan fingerprint density at radius 2 is 1.74 bits per heavy atom. The normalized spacial score (nSPS) is 17.7. The van der Waals surface area contributed by atoms with E-state index in [2.05, 4.69) is 21.9 Å². The van der Waals surface area contributed by atoms with Gasteiger partial charge in [-0.05, 0) is 43.7 Å². The fourth-order valence-corrected chi connectivity index (χ4v) is 4.69. The lowest BCUT2D eigenvalue weighted by molar-refractivity contribution is 0.241. The van der Waals surface area contributed by atoms with Gasteiger partial charge < -0.3 is 19.4 Å². The van der Waals surface area contributed by atoms with Gasteiger partial charge in [-0.2, -0.15) is 4.39 Å². The number of ether oxygens (including phenoxy) is 2. The van der Waals surface area contributed by atoms with Crippen LogP contribution in [-0.4, -0.2) is 21.6 Å². The van der Waals surface area contributed by atoms with Crippen molar-refractivity contribution >= 4 is 10.9 Å². The zero-order valence-corrected chi connectivity index (χ0v) is 21.1. The monoisotopic (exact) mass is 535 g/mol. The first-order valence-electron chi connectivity index (χ1n) is 12.8. The molecular weight excluding hydrogens is 510 g/mol. The summed E-state index contributed by atoms with van der Waals surface area (Å²) in [6, 6.07) is 12.5. The summed E-state index contributed by atoms with van der Waals surface area (Å²) in [5, 5.41) is -0.160. The van der Waals surface area contributed by atoms with E-state index in [1.807, 2.05) is 24.3 Å². The van der Waals surface area contributed by atoms with Gasteiger partial charge in [-0.15, -0.1) is 0 Å². The molecule has 9 heteroatoms. The van der Waals surface area contributed by atoms with Crippen molar-refractivity contribution in [3.8, 4) is 28.6 Å². The summed E-state index contributed by atoms with van der Waals surface area (Å²) in [4.78, 5) is 10.0. The van der Waals surface area contributed by atoms with Crippen LogP contribution in [0.5, 0.6) is 17.2 Å². The summed E-state index contributed by atoms with van der Waals surface area (Å²) in [5.41, 5.74) is 1.03. The molecule has 0 spiro atoms. The maximum Gasteiger partial charge on any atom is 0.206 e. The van der Waals surface area contributed by atoms with Crippen LogP contribution >= 0.6 is 0 Å². The Morgan fingerprint density at radius 3 is 2.54 bits per heavy atom. The van der Waals surface area contributed by atoms with Crippen LogP contribution in [-0.2, 0) is 5.41 Å². The lowest BCUT2D eigenvalue weighted by atomic mass is 9.75. The van der Waals surface area contributed by atoms with Crippen LogP contribution in [0.2, 0.25) is 0 Å². The van der Waals surface area contributed by atoms with Gasteiger partial charge in [0.25, 0.3) is 0 Å². The Bertz CT molecular complexity index is 1670. The molecule has 2 aromatic heterocycles. The molecule has 0 amide bonds. The topological polar surface area (TPSA) is 62.9 Å². The van der Waals surface area contributed by atoms with Gasteiger partial charge in [-0.3, -0.25) is 0 Å². The molecule has 1 unspecified atom stereocenters. The molecule has 1 saturated carbocycles. The van der Waals surface area contributed by atoms with E-state index in [4.69, 9.17) is 9.47 Å². The molecule has 5 aromatic rings. The highest BCUT2D eigenvalue weighted by atomic mass is 19.2. The van der Waals surface area contributed by atoms with Gasteiger partial charge in [-0.25, -0.2) is 18.2 Å². The van der Waals surface area contributed by atoms with Crippen molar-refractivity contribution in [1.29, 1.82) is 0 Å². The number of fused-ring (bicyclic) bond motifs is 2. The number of rotatable bonds is 4. The van der Waals surface area contributed by atoms with Crippen LogP contribution in [0.1, 0.15) is 43.9 Å². The van der Waals surface area contributed by atoms with Gasteiger partial charge in [0, 0.05) is 34.5 Å². The minimum Gasteiger partial charge on any atom is -0.493 e. The molecule has 3 heterocycles. The Hall–Kier alpha value is -4.27. The molecule has 0 saturated heterocycles. The SMILES string of the molecule is C1CC1.CC1(c2cnc(-c3cc(Oc4c(F)c(F)c5[nH]ccc5c4F)ccc3F)[nH]2)CCOc2ccccc21. The molecule has 2 N–H and O–H groups in total. The van der Waals surface area contributed by atoms with Crippen molar-refractivity contribution in [3.05, 3.63) is 95.5 Å². The number of aromatic amines is 2. The van der Waals surface area contributed by atoms with Crippen molar-refractivity contribution in [3.63, 3.8) is 0 Å². The smallest absolute Gasteiger partial charge is 0.206 e. The van der Waals surface area contributed by atoms with E-state index in [1.54, 1.807) is 6.20 Å². The number of hydrogen-bond donors (Lipinski definition) is 2. The first kappa shape index (κ1) is 25.0. The van der Waals surface area contributed by atoms with E-state index in [1.165, 1.54) is 43.7 Å². The third-order valence-electron chi connectivity index (χ3n) is 7.07. The second-order valence-electron chi connectivity index (χ2n) is 9.91. The quantitative estimate of drug-likeness (QED) is 0.180. The predicted molar refractivity (Wildman–Crippen MR) is 139 cm³/mol. The second kappa shape index (κ2) is 9.80. The van der Waals surface area contributed by atoms with E-state index in [0.717, 1.165) is 23.1 Å². The number of halogens is 4. The number of nitrogens with one attached hydrogen (secondary N) is 2. The van der Waals surface area contributed by atoms with E-state index in [-0.39, 0.29) is 28.0 Å². The van der Waals surface area contributed by atoms with Crippen LogP contribution in [0.4, 0.5) is 17.6 Å². The highest BCUT2D eigenvalue weighted by Gasteiger charge is 2.36. The van der Waals surface area contributed by atoms with Crippen molar-refractivity contribution in [2.75, 3.05) is 6.61 Å². The number of para-hydroxylation sites is 1. The molecule has 7 rings (SSSR count). The molecule has 1 aliphatic heterocycles. The molecule has 1 aliphatic carbocycles. The van der Waals surface area contributed by atoms with Crippen molar-refractivity contribution in [2.45, 2.75) is 38.0 Å². The van der Waals surface area contributed by atoms with Crippen LogP contribution in [0.25, 0.3) is 22.3 Å². The minimum absolute atomic E-state index is 0.0340. The second-order valence-corrected chi connectivity index (χ2v) is 9.91. The summed E-state index contributed by atoms with van der Waals surface area (Å²) in [7, 11) is 0. The van der Waals surface area contributed by atoms with Crippen molar-refractivity contribution < 1.29 is 27.0 Å². The Kier molecular flexibility index (Phi) is 6.29. The van der Waals surface area contributed by atoms with Gasteiger partial charge in [0.05, 0.1) is 17.7 Å². The highest BCUT2D eigenvalue weighted by molar-refractivity contribution is 5.82. The zero-order valence-electron chi connectivity index (χ0n) is 21.1. The number of benzene rings is 3. The maximum absolute atomic E-state index is 14.9. The first-order valence-corrected chi connectivity index (χ1v) is 12.8. The van der Waals surface area contributed by atoms with Crippen molar-refractivity contribution in [1.82, 2.24) is 15.0 Å². The molecular formula is C30H25F4N3O2. The minimum atomic E-state index is -1.49. The fourth-order valence-electron chi connectivity index (χ4n) is 4.69. The molecule has 1 atom stereocenters. The summed E-state index contributed by atoms with van der Waals surface area (Å²) in [6.07, 6.45) is 8.11. The third kappa shape index (κ3) is 4.51. The van der Waals surface area contributed by atoms with Crippen LogP contribution < -0.4 is 9.47 Å². The number of aromatic nitrogens is 3. The molecule has 2 aliphatic rings. The number of hydrogen-bond acceptors (Lipinski definition) is 3. The fraction of sp³-hybridized carbons (Fsp3) is 0.233. The number of H-pyrrole nitrogens is 2. The van der Waals surface area contributed by atoms with Crippen LogP contribution in [0, 0.1) is 23.3 Å². The Morgan fingerprint density at radius 1 is 0.949 bits per heavy atom. The van der Waals surface area contributed by atoms with Gasteiger partial charge in [0.1, 0.15) is 23.1 Å². The average molecular weight is 536 g/mol. The lowest BCUT2D eigenvalue weighted by Crippen LogP contribution is -2.31. The zero-order chi connectivity index (χ0) is 27.1. The Balaban J connectivity index is 0.000000864. The molecule has 39 heavy (non-hydrogen) atoms. The summed E-state index contributed by atoms with van der Waals surface area (Å²) in [5.74, 6) is -4.45. The summed E-state index contributed by atoms with van der Waals surface area (Å²) in [6.45, 7) is 2.57. The summed E-state index contributed by atoms with van der Waals surface area (Å²) < 4.78 is 69.8. The predicted octanol–water partition coefficient (Wildman–Crippen LogP) is 8.17. The van der Waals surface area contributed by atoms with Gasteiger partial charge in [0.2, 0.25) is 11.6 Å². The van der Waals surface area contributed by atoms with Crippen LogP contribution in [0.15, 0.2) is 60.9 Å². The molecule has 3 aromatic carbocycles. The molecule has 200 valence electrons. The largest absolute Gasteiger partial charge is 0.493 e. The van der Waals surface area contributed by atoms with Gasteiger partial charge >= 0.3 is 0 Å². The van der Waals surface area contributed by atoms with Crippen molar-refractivity contribution in [2.24, 2.45) is 0 Å². The number of nitrogens with zero attached hydrogens (tertiary/aromatic N) is 1. The van der Waals surface area contributed by atoms with Gasteiger partial charge in [-0.1, -0.05) is 37.5 Å². The highest BCUT2D eigenvalue weighted by Crippen LogP contribution is 2.43. The summed E-state index contributed by atoms with van der Waals surface area (Å²) >= 11 is 0. The standard InChI is InChI=1S/C27H19F4N3O2.C3H6/c1-27(9-11-35-19-5-3-2-4-17(19)27)20-13-33-26(34-20)16-12-14(6-7-18(16)28)36-25-21(29)15-8-10-32-24(15)22(30)23(25)31;1-2-3-1/h2-8,10,12-13,32H,9,11H2,1H3,(H,33,34);1-3H2. The molecule has 5 nitrogen and oxygen atoms in total. The third-order valence-corrected chi connectivity index (χ3v) is 7.07. The molecule has 0 bridgehead atoms. The average Bonchev–Trinajstić information content (AvgIpc) is 3.59. The lowest BCUT2D eigenvalue weighted by Gasteiger charge is -2.34. The van der Waals surface area contributed by atoms with E-state index < -0.39 is 34.4 Å². The number of imidazole rings is 1.